The van der Waals surface area contributed by atoms with Gasteiger partial charge in [0.15, 0.2) is 0 Å². The maximum Gasteiger partial charge on any atom is 0.242 e. The molecule has 0 aliphatic carbocycles. The Hall–Kier alpha value is -2.42. The van der Waals surface area contributed by atoms with Crippen LogP contribution in [0.4, 0.5) is 0 Å². The normalized spacial score (nSPS) is 12.4. The molecular weight excluding hydrogens is 474 g/mol. The molecule has 0 bridgehead atoms. The van der Waals surface area contributed by atoms with Crippen molar-refractivity contribution >= 4 is 33.4 Å². The highest BCUT2D eigenvalue weighted by molar-refractivity contribution is 7.89. The minimum atomic E-state index is -3.63. The lowest BCUT2D eigenvalue weighted by atomic mass is 10.1. The van der Waals surface area contributed by atoms with Gasteiger partial charge in [0.05, 0.1) is 4.90 Å². The summed E-state index contributed by atoms with van der Waals surface area (Å²) < 4.78 is 26.7. The fourth-order valence-corrected chi connectivity index (χ4v) is 4.84. The molecule has 9 heteroatoms. The Bertz CT molecular complexity index is 1050. The van der Waals surface area contributed by atoms with Gasteiger partial charge in [-0.1, -0.05) is 61.3 Å². The number of nitrogens with one attached hydrogen (secondary N) is 1. The van der Waals surface area contributed by atoms with Gasteiger partial charge in [-0.25, -0.2) is 12.7 Å². The van der Waals surface area contributed by atoms with E-state index >= 15 is 0 Å². The Balaban J connectivity index is 2.07. The van der Waals surface area contributed by atoms with Crippen molar-refractivity contribution in [1.82, 2.24) is 14.5 Å². The Kier molecular flexibility index (Phi) is 11.0. The molecule has 0 unspecified atom stereocenters. The number of benzene rings is 2. The summed E-state index contributed by atoms with van der Waals surface area (Å²) in [4.78, 5) is 27.6. The van der Waals surface area contributed by atoms with E-state index in [2.05, 4.69) is 5.32 Å². The lowest BCUT2D eigenvalue weighted by Gasteiger charge is -2.29. The number of sulfonamides is 1. The minimum Gasteiger partial charge on any atom is -0.354 e. The molecule has 7 nitrogen and oxygen atoms in total. The van der Waals surface area contributed by atoms with Crippen molar-refractivity contribution < 1.29 is 18.0 Å². The van der Waals surface area contributed by atoms with Crippen molar-refractivity contribution in [3.05, 3.63) is 65.2 Å². The second-order valence-corrected chi connectivity index (χ2v) is 10.6. The molecule has 0 spiro atoms. The molecule has 0 aliphatic heterocycles. The SMILES string of the molecule is CCCCNC(=O)[C@H](C)N(Cc1ccccc1Cl)C(=O)CCCN(C)S(=O)(=O)c1ccccc1. The topological polar surface area (TPSA) is 86.8 Å². The van der Waals surface area contributed by atoms with Crippen molar-refractivity contribution in [2.75, 3.05) is 20.1 Å². The van der Waals surface area contributed by atoms with Gasteiger partial charge < -0.3 is 10.2 Å². The molecule has 34 heavy (non-hydrogen) atoms. The number of amides is 2. The number of nitrogens with zero attached hydrogens (tertiary/aromatic N) is 2. The Morgan fingerprint density at radius 2 is 1.68 bits per heavy atom. The van der Waals surface area contributed by atoms with Crippen LogP contribution in [0.3, 0.4) is 0 Å². The molecule has 1 atom stereocenters. The molecule has 2 aromatic carbocycles. The Labute approximate surface area is 208 Å². The molecule has 0 saturated heterocycles. The highest BCUT2D eigenvalue weighted by Crippen LogP contribution is 2.20. The van der Waals surface area contributed by atoms with Gasteiger partial charge in [-0.3, -0.25) is 9.59 Å². The van der Waals surface area contributed by atoms with Crippen molar-refractivity contribution in [1.29, 1.82) is 0 Å². The monoisotopic (exact) mass is 507 g/mol. The maximum absolute atomic E-state index is 13.2. The zero-order valence-electron chi connectivity index (χ0n) is 20.0. The predicted octanol–water partition coefficient (Wildman–Crippen LogP) is 4.07. The molecule has 0 radical (unpaired) electrons. The molecule has 0 heterocycles. The van der Waals surface area contributed by atoms with Crippen molar-refractivity contribution in [3.63, 3.8) is 0 Å². The van der Waals surface area contributed by atoms with Crippen LogP contribution < -0.4 is 5.32 Å². The summed E-state index contributed by atoms with van der Waals surface area (Å²) in [5, 5.41) is 3.40. The molecular formula is C25H34ClN3O4S. The van der Waals surface area contributed by atoms with Crippen molar-refractivity contribution in [2.45, 2.75) is 57.0 Å². The lowest BCUT2D eigenvalue weighted by Crippen LogP contribution is -2.48. The van der Waals surface area contributed by atoms with Crippen LogP contribution in [-0.4, -0.2) is 55.6 Å². The van der Waals surface area contributed by atoms with E-state index in [1.807, 2.05) is 25.1 Å². The van der Waals surface area contributed by atoms with Gasteiger partial charge in [-0.15, -0.1) is 0 Å². The maximum atomic E-state index is 13.2. The quantitative estimate of drug-likeness (QED) is 0.414. The molecule has 2 amide bonds. The number of hydrogen-bond donors (Lipinski definition) is 1. The summed E-state index contributed by atoms with van der Waals surface area (Å²) in [6.07, 6.45) is 2.24. The molecule has 2 rings (SSSR count). The Morgan fingerprint density at radius 3 is 2.32 bits per heavy atom. The first-order valence-electron chi connectivity index (χ1n) is 11.5. The molecule has 0 aromatic heterocycles. The van der Waals surface area contributed by atoms with Crippen molar-refractivity contribution in [3.8, 4) is 0 Å². The van der Waals surface area contributed by atoms with Crippen LogP contribution in [0.5, 0.6) is 0 Å². The van der Waals surface area contributed by atoms with E-state index in [0.717, 1.165) is 18.4 Å². The zero-order chi connectivity index (χ0) is 25.1. The first kappa shape index (κ1) is 27.8. The summed E-state index contributed by atoms with van der Waals surface area (Å²) in [5.41, 5.74) is 0.745. The third-order valence-electron chi connectivity index (χ3n) is 5.61. The molecule has 0 fully saturated rings. The highest BCUT2D eigenvalue weighted by atomic mass is 35.5. The van der Waals surface area contributed by atoms with E-state index in [1.54, 1.807) is 43.3 Å². The number of unbranched alkanes of at least 4 members (excludes halogenated alkanes) is 1. The number of halogens is 1. The largest absolute Gasteiger partial charge is 0.354 e. The average molecular weight is 508 g/mol. The molecule has 0 saturated carbocycles. The van der Waals surface area contributed by atoms with Gasteiger partial charge in [-0.05, 0) is 43.5 Å². The number of rotatable bonds is 13. The summed E-state index contributed by atoms with van der Waals surface area (Å²) >= 11 is 6.30. The third kappa shape index (κ3) is 7.82. The smallest absolute Gasteiger partial charge is 0.242 e. The van der Waals surface area contributed by atoms with Gasteiger partial charge in [0.2, 0.25) is 21.8 Å². The van der Waals surface area contributed by atoms with Gasteiger partial charge in [0.1, 0.15) is 6.04 Å². The van der Waals surface area contributed by atoms with E-state index < -0.39 is 16.1 Å². The van der Waals surface area contributed by atoms with E-state index in [0.29, 0.717) is 18.0 Å². The first-order chi connectivity index (χ1) is 16.2. The molecule has 0 aliphatic rings. The highest BCUT2D eigenvalue weighted by Gasteiger charge is 2.27. The van der Waals surface area contributed by atoms with Crippen LogP contribution in [0, 0.1) is 0 Å². The number of hydrogen-bond acceptors (Lipinski definition) is 4. The molecule has 186 valence electrons. The van der Waals surface area contributed by atoms with E-state index in [4.69, 9.17) is 11.6 Å². The van der Waals surface area contributed by atoms with Gasteiger partial charge >= 0.3 is 0 Å². The number of carbonyl (C=O) groups excluding carboxylic acids is 2. The van der Waals surface area contributed by atoms with E-state index in [-0.39, 0.29) is 36.2 Å². The standard InChI is InChI=1S/C25H34ClN3O4S/c1-4-5-17-27-25(31)20(2)29(19-21-12-9-10-15-23(21)26)24(30)16-11-18-28(3)34(32,33)22-13-7-6-8-14-22/h6-10,12-15,20H,4-5,11,16-19H2,1-3H3,(H,27,31)/t20-/m0/s1. The fraction of sp³-hybridized carbons (Fsp3) is 0.440. The van der Waals surface area contributed by atoms with Crippen LogP contribution in [0.15, 0.2) is 59.5 Å². The van der Waals surface area contributed by atoms with Gasteiger partial charge in [0.25, 0.3) is 0 Å². The fourth-order valence-electron chi connectivity index (χ4n) is 3.42. The zero-order valence-corrected chi connectivity index (χ0v) is 21.6. The van der Waals surface area contributed by atoms with Crippen LogP contribution in [0.25, 0.3) is 0 Å². The average Bonchev–Trinajstić information content (AvgIpc) is 2.83. The first-order valence-corrected chi connectivity index (χ1v) is 13.3. The number of carbonyl (C=O) groups is 2. The summed E-state index contributed by atoms with van der Waals surface area (Å²) in [6.45, 7) is 4.66. The van der Waals surface area contributed by atoms with Crippen LogP contribution in [0.1, 0.15) is 45.1 Å². The summed E-state index contributed by atoms with van der Waals surface area (Å²) in [5.74, 6) is -0.457. The van der Waals surface area contributed by atoms with Crippen LogP contribution >= 0.6 is 11.6 Å². The molecule has 2 aromatic rings. The van der Waals surface area contributed by atoms with Gasteiger partial charge in [-0.2, -0.15) is 0 Å². The van der Waals surface area contributed by atoms with Gasteiger partial charge in [0, 0.05) is 38.1 Å². The Morgan fingerprint density at radius 1 is 1.03 bits per heavy atom. The predicted molar refractivity (Wildman–Crippen MR) is 135 cm³/mol. The lowest BCUT2D eigenvalue weighted by molar-refractivity contribution is -0.140. The third-order valence-corrected chi connectivity index (χ3v) is 7.85. The summed E-state index contributed by atoms with van der Waals surface area (Å²) in [6, 6.07) is 14.7. The second-order valence-electron chi connectivity index (χ2n) is 8.18. The van der Waals surface area contributed by atoms with Crippen LogP contribution in [-0.2, 0) is 26.2 Å². The summed E-state index contributed by atoms with van der Waals surface area (Å²) in [7, 11) is -2.13. The molecule has 1 N–H and O–H groups in total. The minimum absolute atomic E-state index is 0.103. The van der Waals surface area contributed by atoms with Crippen molar-refractivity contribution in [2.24, 2.45) is 0 Å². The second kappa shape index (κ2) is 13.5. The van der Waals surface area contributed by atoms with E-state index in [1.165, 1.54) is 16.3 Å². The van der Waals surface area contributed by atoms with E-state index in [9.17, 15) is 18.0 Å². The van der Waals surface area contributed by atoms with Crippen LogP contribution in [0.2, 0.25) is 5.02 Å².